The van der Waals surface area contributed by atoms with Crippen LogP contribution in [0.25, 0.3) is 0 Å². The molecule has 2 aliphatic heterocycles. The van der Waals surface area contributed by atoms with Gasteiger partial charge in [-0.1, -0.05) is 48.1 Å². The zero-order chi connectivity index (χ0) is 24.1. The monoisotopic (exact) mass is 458 g/mol. The number of ether oxygens (including phenoxy) is 4. The summed E-state index contributed by atoms with van der Waals surface area (Å²) in [6, 6.07) is 0. The van der Waals surface area contributed by atoms with Gasteiger partial charge in [0, 0.05) is 19.3 Å². The third kappa shape index (κ3) is 6.31. The number of rotatable bonds is 10. The minimum atomic E-state index is -1.00. The maximum absolute atomic E-state index is 12.4. The molecular weight excluding hydrogens is 424 g/mol. The fraction of sp³-hybridized carbons (Fsp3) is 0.538. The summed E-state index contributed by atoms with van der Waals surface area (Å²) < 4.78 is 23.8. The predicted molar refractivity (Wildman–Crippen MR) is 124 cm³/mol. The highest BCUT2D eigenvalue weighted by molar-refractivity contribution is 5.82. The molecule has 2 heterocycles. The van der Waals surface area contributed by atoms with Crippen LogP contribution in [-0.4, -0.2) is 60.3 Å². The van der Waals surface area contributed by atoms with E-state index in [1.165, 1.54) is 17.7 Å². The number of carboxylic acid groups (broad SMARTS) is 1. The molecule has 0 bridgehead atoms. The number of hydrogen-bond donors (Lipinski definition) is 1. The second-order valence-electron chi connectivity index (χ2n) is 9.18. The zero-order valence-electron chi connectivity index (χ0n) is 19.7. The number of carboxylic acids is 1. The molecule has 3 rings (SSSR count). The minimum absolute atomic E-state index is 0.00928. The molecule has 0 amide bonds. The minimum Gasteiger partial charge on any atom is -0.478 e. The highest BCUT2D eigenvalue weighted by Crippen LogP contribution is 2.59. The Bertz CT molecular complexity index is 873. The molecule has 2 unspecified atom stereocenters. The van der Waals surface area contributed by atoms with Crippen LogP contribution in [0.5, 0.6) is 0 Å². The Labute approximate surface area is 195 Å². The van der Waals surface area contributed by atoms with Crippen LogP contribution < -0.4 is 0 Å². The summed E-state index contributed by atoms with van der Waals surface area (Å²) in [7, 11) is 1.65. The zero-order valence-corrected chi connectivity index (χ0v) is 19.7. The third-order valence-electron chi connectivity index (χ3n) is 6.53. The Morgan fingerprint density at radius 1 is 1.09 bits per heavy atom. The normalized spacial score (nSPS) is 35.6. The number of esters is 1. The van der Waals surface area contributed by atoms with Crippen molar-refractivity contribution in [1.29, 1.82) is 0 Å². The van der Waals surface area contributed by atoms with E-state index in [-0.39, 0.29) is 35.4 Å². The molecule has 33 heavy (non-hydrogen) atoms. The van der Waals surface area contributed by atoms with Gasteiger partial charge in [-0.15, -0.1) is 0 Å². The van der Waals surface area contributed by atoms with E-state index in [1.54, 1.807) is 37.5 Å². The lowest BCUT2D eigenvalue weighted by Crippen LogP contribution is -2.55. The Morgan fingerprint density at radius 2 is 1.73 bits per heavy atom. The van der Waals surface area contributed by atoms with Gasteiger partial charge in [0.25, 0.3) is 0 Å². The molecule has 1 aliphatic carbocycles. The quantitative estimate of drug-likeness (QED) is 0.174. The van der Waals surface area contributed by atoms with Gasteiger partial charge in [-0.3, -0.25) is 0 Å². The summed E-state index contributed by atoms with van der Waals surface area (Å²) in [6.45, 7) is 6.96. The molecule has 3 aliphatic rings. The molecule has 0 aromatic rings. The predicted octanol–water partition coefficient (Wildman–Crippen LogP) is 3.92. The topological polar surface area (TPSA) is 97.9 Å². The van der Waals surface area contributed by atoms with Crippen LogP contribution in [-0.2, 0) is 28.5 Å². The maximum atomic E-state index is 12.4. The van der Waals surface area contributed by atoms with E-state index in [9.17, 15) is 9.59 Å². The Morgan fingerprint density at radius 3 is 2.30 bits per heavy atom. The molecule has 180 valence electrons. The molecule has 3 fully saturated rings. The first-order valence-corrected chi connectivity index (χ1v) is 11.3. The molecule has 7 heteroatoms. The van der Waals surface area contributed by atoms with Gasteiger partial charge in [0.2, 0.25) is 0 Å². The van der Waals surface area contributed by atoms with Crippen LogP contribution in [0.2, 0.25) is 0 Å². The van der Waals surface area contributed by atoms with Crippen molar-refractivity contribution in [2.45, 2.75) is 69.5 Å². The van der Waals surface area contributed by atoms with E-state index in [4.69, 9.17) is 24.1 Å². The van der Waals surface area contributed by atoms with Gasteiger partial charge < -0.3 is 24.1 Å². The second-order valence-corrected chi connectivity index (χ2v) is 9.18. The number of aliphatic carboxylic acids is 1. The number of epoxide rings is 2. The Balaban J connectivity index is 1.59. The lowest BCUT2D eigenvalue weighted by molar-refractivity contribution is -0.166. The molecule has 1 spiro atoms. The van der Waals surface area contributed by atoms with Gasteiger partial charge >= 0.3 is 11.9 Å². The molecule has 1 N–H and O–H groups in total. The van der Waals surface area contributed by atoms with Crippen LogP contribution in [0.4, 0.5) is 0 Å². The largest absolute Gasteiger partial charge is 0.478 e. The first kappa shape index (κ1) is 25.1. The van der Waals surface area contributed by atoms with Crippen LogP contribution in [0, 0.1) is 5.92 Å². The highest BCUT2D eigenvalue weighted by atomic mass is 16.6. The van der Waals surface area contributed by atoms with Crippen molar-refractivity contribution in [2.24, 2.45) is 5.92 Å². The van der Waals surface area contributed by atoms with E-state index >= 15 is 0 Å². The lowest BCUT2D eigenvalue weighted by atomic mass is 9.68. The maximum Gasteiger partial charge on any atom is 0.331 e. The van der Waals surface area contributed by atoms with E-state index < -0.39 is 11.9 Å². The third-order valence-corrected chi connectivity index (χ3v) is 6.53. The average Bonchev–Trinajstić information content (AvgIpc) is 3.67. The number of methoxy groups -OCH3 is 1. The van der Waals surface area contributed by atoms with Crippen molar-refractivity contribution in [3.8, 4) is 0 Å². The smallest absolute Gasteiger partial charge is 0.331 e. The summed E-state index contributed by atoms with van der Waals surface area (Å²) >= 11 is 0. The molecule has 2 saturated heterocycles. The molecule has 1 saturated carbocycles. The first-order valence-electron chi connectivity index (χ1n) is 11.3. The van der Waals surface area contributed by atoms with Crippen molar-refractivity contribution in [3.05, 3.63) is 60.3 Å². The van der Waals surface area contributed by atoms with E-state index in [0.29, 0.717) is 13.0 Å². The number of carbonyl (C=O) groups excluding carboxylic acids is 1. The second kappa shape index (κ2) is 10.6. The Hall–Kier alpha value is -2.48. The van der Waals surface area contributed by atoms with Crippen LogP contribution >= 0.6 is 0 Å². The van der Waals surface area contributed by atoms with Crippen molar-refractivity contribution >= 4 is 11.9 Å². The SMILES string of the molecule is CO[C@@H]1C(OC(=O)/C=C/C=C/C=C/C=C/C(=O)O)CC[C@]2(CO2)C1[C@@]1(C)O[C@@H]1CC=C(C)C. The summed E-state index contributed by atoms with van der Waals surface area (Å²) in [4.78, 5) is 22.8. The van der Waals surface area contributed by atoms with Gasteiger partial charge in [-0.2, -0.15) is 0 Å². The van der Waals surface area contributed by atoms with Crippen molar-refractivity contribution < 1.29 is 33.6 Å². The van der Waals surface area contributed by atoms with E-state index in [2.05, 4.69) is 26.8 Å². The Kier molecular flexibility index (Phi) is 8.10. The standard InChI is InChI=1S/C26H34O7/c1-18(2)13-14-20-25(3,33-20)24-23(30-4)19(15-16-26(24)17-31-26)32-22(29)12-10-8-6-5-7-9-11-21(27)28/h5-13,19-20,23-24H,14-17H2,1-4H3,(H,27,28)/b7-5+,8-6+,11-9+,12-10+/t19?,20-,23-,24?,25+,26+/m1/s1. The van der Waals surface area contributed by atoms with Gasteiger partial charge in [-0.05, 0) is 40.0 Å². The fourth-order valence-electron chi connectivity index (χ4n) is 4.79. The van der Waals surface area contributed by atoms with Gasteiger partial charge in [0.1, 0.15) is 23.4 Å². The average molecular weight is 459 g/mol. The van der Waals surface area contributed by atoms with Gasteiger partial charge in [0.05, 0.1) is 18.6 Å². The number of hydrogen-bond acceptors (Lipinski definition) is 6. The first-order chi connectivity index (χ1) is 15.7. The molecule has 7 nitrogen and oxygen atoms in total. The fourth-order valence-corrected chi connectivity index (χ4v) is 4.79. The number of allylic oxidation sites excluding steroid dienone is 7. The highest BCUT2D eigenvalue weighted by Gasteiger charge is 2.72. The van der Waals surface area contributed by atoms with Crippen LogP contribution in [0.3, 0.4) is 0 Å². The van der Waals surface area contributed by atoms with Crippen molar-refractivity contribution in [2.75, 3.05) is 13.7 Å². The van der Waals surface area contributed by atoms with E-state index in [0.717, 1.165) is 18.9 Å². The van der Waals surface area contributed by atoms with Gasteiger partial charge in [-0.25, -0.2) is 9.59 Å². The van der Waals surface area contributed by atoms with Crippen LogP contribution in [0.1, 0.15) is 40.0 Å². The molecule has 0 aromatic heterocycles. The summed E-state index contributed by atoms with van der Waals surface area (Å²) in [6.07, 6.45) is 16.0. The number of carbonyl (C=O) groups is 2. The molecule has 6 atom stereocenters. The molecule has 0 radical (unpaired) electrons. The summed E-state index contributed by atoms with van der Waals surface area (Å²) in [5.41, 5.74) is 0.642. The van der Waals surface area contributed by atoms with Crippen LogP contribution in [0.15, 0.2) is 60.3 Å². The lowest BCUT2D eigenvalue weighted by Gasteiger charge is -2.42. The summed E-state index contributed by atoms with van der Waals surface area (Å²) in [5, 5.41) is 8.51. The summed E-state index contributed by atoms with van der Waals surface area (Å²) in [5.74, 6) is -1.45. The van der Waals surface area contributed by atoms with Crippen molar-refractivity contribution in [1.82, 2.24) is 0 Å². The van der Waals surface area contributed by atoms with Crippen molar-refractivity contribution in [3.63, 3.8) is 0 Å². The van der Waals surface area contributed by atoms with E-state index in [1.807, 2.05) is 0 Å². The molecular formula is C26H34O7. The van der Waals surface area contributed by atoms with Gasteiger partial charge in [0.15, 0.2) is 0 Å². The molecule has 0 aromatic carbocycles.